The number of hydrogen-bond acceptors (Lipinski definition) is 1. The molecule has 0 bridgehead atoms. The summed E-state index contributed by atoms with van der Waals surface area (Å²) in [6.45, 7) is 0. The molecule has 1 aromatic heterocycles. The predicted octanol–water partition coefficient (Wildman–Crippen LogP) is 3.10. The largest absolute Gasteiger partial charge is 0.228 e. The lowest BCUT2D eigenvalue weighted by Gasteiger charge is -2.01. The fourth-order valence-corrected chi connectivity index (χ4v) is 1.27. The van der Waals surface area contributed by atoms with Crippen molar-refractivity contribution in [3.63, 3.8) is 0 Å². The van der Waals surface area contributed by atoms with E-state index in [9.17, 15) is 13.2 Å². The summed E-state index contributed by atoms with van der Waals surface area (Å²) in [4.78, 5) is 3.45. The van der Waals surface area contributed by atoms with Crippen molar-refractivity contribution < 1.29 is 13.2 Å². The van der Waals surface area contributed by atoms with E-state index in [1.165, 1.54) is 24.4 Å². The maximum Gasteiger partial charge on any atom is 0.212 e. The SMILES string of the molecule is Fc1ccc([CH]c2ccc(F)c(F)c2)cn1. The molecule has 0 aliphatic rings. The van der Waals surface area contributed by atoms with Gasteiger partial charge in [0.2, 0.25) is 5.95 Å². The summed E-state index contributed by atoms with van der Waals surface area (Å²) in [5.74, 6) is -2.39. The van der Waals surface area contributed by atoms with Crippen molar-refractivity contribution in [3.8, 4) is 0 Å². The fourth-order valence-electron chi connectivity index (χ4n) is 1.27. The van der Waals surface area contributed by atoms with Crippen LogP contribution in [0.5, 0.6) is 0 Å². The first kappa shape index (κ1) is 10.7. The van der Waals surface area contributed by atoms with Crippen LogP contribution in [0.1, 0.15) is 11.1 Å². The van der Waals surface area contributed by atoms with Crippen LogP contribution in [0.2, 0.25) is 0 Å². The van der Waals surface area contributed by atoms with Crippen LogP contribution in [-0.2, 0) is 0 Å². The molecule has 2 rings (SSSR count). The first-order valence-electron chi connectivity index (χ1n) is 4.56. The third-order valence-corrected chi connectivity index (χ3v) is 2.03. The average Bonchev–Trinajstić information content (AvgIpc) is 2.27. The molecule has 4 heteroatoms. The van der Waals surface area contributed by atoms with E-state index in [-0.39, 0.29) is 0 Å². The fraction of sp³-hybridized carbons (Fsp3) is 0. The van der Waals surface area contributed by atoms with Gasteiger partial charge >= 0.3 is 0 Å². The topological polar surface area (TPSA) is 12.9 Å². The molecule has 81 valence electrons. The van der Waals surface area contributed by atoms with Gasteiger partial charge in [0, 0.05) is 12.6 Å². The van der Waals surface area contributed by atoms with Gasteiger partial charge in [-0.25, -0.2) is 13.8 Å². The van der Waals surface area contributed by atoms with Gasteiger partial charge in [-0.05, 0) is 29.3 Å². The van der Waals surface area contributed by atoms with Crippen molar-refractivity contribution in [2.24, 2.45) is 0 Å². The molecule has 16 heavy (non-hydrogen) atoms. The molecule has 0 fully saturated rings. The Kier molecular flexibility index (Phi) is 2.90. The molecule has 0 aliphatic carbocycles. The quantitative estimate of drug-likeness (QED) is 0.711. The highest BCUT2D eigenvalue weighted by Gasteiger charge is 2.04. The Hall–Kier alpha value is -1.84. The van der Waals surface area contributed by atoms with E-state index in [1.54, 1.807) is 6.42 Å². The number of pyridine rings is 1. The van der Waals surface area contributed by atoms with Gasteiger partial charge in [0.25, 0.3) is 0 Å². The molecule has 0 spiro atoms. The Bertz CT molecular complexity index is 494. The number of hydrogen-bond donors (Lipinski definition) is 0. The van der Waals surface area contributed by atoms with Crippen LogP contribution >= 0.6 is 0 Å². The molecule has 0 atom stereocenters. The monoisotopic (exact) mass is 222 g/mol. The van der Waals surface area contributed by atoms with Gasteiger partial charge in [-0.2, -0.15) is 4.39 Å². The smallest absolute Gasteiger partial charge is 0.212 e. The molecule has 0 amide bonds. The lowest BCUT2D eigenvalue weighted by atomic mass is 10.1. The zero-order valence-electron chi connectivity index (χ0n) is 8.12. The maximum atomic E-state index is 12.9. The molecular formula is C12H7F3N. The first-order chi connectivity index (χ1) is 7.65. The summed E-state index contributed by atoms with van der Waals surface area (Å²) in [6.07, 6.45) is 2.89. The molecule has 2 aromatic rings. The van der Waals surface area contributed by atoms with Gasteiger partial charge in [0.15, 0.2) is 11.6 Å². The minimum Gasteiger partial charge on any atom is -0.228 e. The normalized spacial score (nSPS) is 10.4. The second-order valence-corrected chi connectivity index (χ2v) is 3.23. The second-order valence-electron chi connectivity index (χ2n) is 3.23. The van der Waals surface area contributed by atoms with Gasteiger partial charge in [-0.1, -0.05) is 12.1 Å². The highest BCUT2D eigenvalue weighted by molar-refractivity contribution is 5.35. The number of aromatic nitrogens is 1. The van der Waals surface area contributed by atoms with Gasteiger partial charge in [0.05, 0.1) is 0 Å². The van der Waals surface area contributed by atoms with Gasteiger partial charge < -0.3 is 0 Å². The standard InChI is InChI=1S/C12H7F3N/c13-10-3-1-8(6-11(10)14)5-9-2-4-12(15)16-7-9/h1-7H. The third kappa shape index (κ3) is 2.39. The summed E-state index contributed by atoms with van der Waals surface area (Å²) in [6, 6.07) is 6.24. The summed E-state index contributed by atoms with van der Waals surface area (Å²) in [5, 5.41) is 0. The highest BCUT2D eigenvalue weighted by Crippen LogP contribution is 2.14. The third-order valence-electron chi connectivity index (χ3n) is 2.03. The average molecular weight is 222 g/mol. The molecule has 0 aliphatic heterocycles. The van der Waals surface area contributed by atoms with Crippen LogP contribution in [0.25, 0.3) is 0 Å². The Labute approximate surface area is 90.6 Å². The Morgan fingerprint density at radius 2 is 1.62 bits per heavy atom. The number of nitrogens with zero attached hydrogens (tertiary/aromatic N) is 1. The molecule has 1 heterocycles. The summed E-state index contributed by atoms with van der Waals surface area (Å²) in [7, 11) is 0. The van der Waals surface area contributed by atoms with E-state index in [4.69, 9.17) is 0 Å². The van der Waals surface area contributed by atoms with Crippen LogP contribution in [0.3, 0.4) is 0 Å². The minimum atomic E-state index is -0.913. The van der Waals surface area contributed by atoms with E-state index in [0.29, 0.717) is 11.1 Å². The summed E-state index contributed by atoms with van der Waals surface area (Å²) >= 11 is 0. The van der Waals surface area contributed by atoms with E-state index in [2.05, 4.69) is 4.98 Å². The second kappa shape index (κ2) is 4.35. The van der Waals surface area contributed by atoms with Crippen LogP contribution in [0.4, 0.5) is 13.2 Å². The van der Waals surface area contributed by atoms with Crippen molar-refractivity contribution in [3.05, 3.63) is 71.7 Å². The Balaban J connectivity index is 2.20. The van der Waals surface area contributed by atoms with Crippen molar-refractivity contribution in [2.45, 2.75) is 0 Å². The van der Waals surface area contributed by atoms with Crippen LogP contribution < -0.4 is 0 Å². The molecule has 0 unspecified atom stereocenters. The van der Waals surface area contributed by atoms with E-state index < -0.39 is 17.6 Å². The van der Waals surface area contributed by atoms with Crippen LogP contribution in [-0.4, -0.2) is 4.98 Å². The molecule has 0 saturated carbocycles. The van der Waals surface area contributed by atoms with Crippen molar-refractivity contribution in [2.75, 3.05) is 0 Å². The number of benzene rings is 1. The van der Waals surface area contributed by atoms with Gasteiger partial charge in [0.1, 0.15) is 0 Å². The van der Waals surface area contributed by atoms with Gasteiger partial charge in [-0.3, -0.25) is 0 Å². The molecule has 1 aromatic carbocycles. The predicted molar refractivity (Wildman–Crippen MR) is 53.1 cm³/mol. The van der Waals surface area contributed by atoms with E-state index in [1.807, 2.05) is 0 Å². The maximum absolute atomic E-state index is 12.9. The molecule has 0 saturated heterocycles. The summed E-state index contributed by atoms with van der Waals surface area (Å²) < 4.78 is 38.0. The Morgan fingerprint density at radius 3 is 2.25 bits per heavy atom. The minimum absolute atomic E-state index is 0.493. The van der Waals surface area contributed by atoms with Crippen molar-refractivity contribution in [1.82, 2.24) is 4.98 Å². The first-order valence-corrected chi connectivity index (χ1v) is 4.56. The summed E-state index contributed by atoms with van der Waals surface area (Å²) in [5.41, 5.74) is 1.11. The number of rotatable bonds is 2. The van der Waals surface area contributed by atoms with Crippen LogP contribution in [0.15, 0.2) is 36.5 Å². The molecule has 1 radical (unpaired) electrons. The number of halogens is 3. The van der Waals surface area contributed by atoms with Crippen molar-refractivity contribution >= 4 is 0 Å². The Morgan fingerprint density at radius 1 is 0.875 bits per heavy atom. The lowest BCUT2D eigenvalue weighted by Crippen LogP contribution is -1.91. The molecular weight excluding hydrogens is 215 g/mol. The zero-order chi connectivity index (χ0) is 11.5. The zero-order valence-corrected chi connectivity index (χ0v) is 8.12. The van der Waals surface area contributed by atoms with Crippen molar-refractivity contribution in [1.29, 1.82) is 0 Å². The lowest BCUT2D eigenvalue weighted by molar-refractivity contribution is 0.508. The van der Waals surface area contributed by atoms with E-state index >= 15 is 0 Å². The van der Waals surface area contributed by atoms with Crippen LogP contribution in [0, 0.1) is 24.0 Å². The van der Waals surface area contributed by atoms with E-state index in [0.717, 1.165) is 12.1 Å². The molecule has 1 nitrogen and oxygen atoms in total. The molecule has 0 N–H and O–H groups in total. The highest BCUT2D eigenvalue weighted by atomic mass is 19.2. The van der Waals surface area contributed by atoms with Gasteiger partial charge in [-0.15, -0.1) is 0 Å².